The maximum Gasteiger partial charge on any atom is 0.161 e. The standard InChI is InChI=1S/C29H40N2O4/c1-8-31-18-22-16-27(34-6)26(33-5)15-21(22)14-24(31)10-9-13-29(19-30,20(2)3)23-11-12-25(32-4)28(17-23)35-7/h11-12,15-17,20,24H,8-10,13-14,18H2,1-7H3/t24-,29+/m1/s1. The lowest BCUT2D eigenvalue weighted by Crippen LogP contribution is -2.40. The molecule has 0 N–H and O–H groups in total. The highest BCUT2D eigenvalue weighted by molar-refractivity contribution is 5.49. The van der Waals surface area contributed by atoms with E-state index < -0.39 is 5.41 Å². The summed E-state index contributed by atoms with van der Waals surface area (Å²) in [6.45, 7) is 8.38. The Morgan fingerprint density at radius 3 is 2.09 bits per heavy atom. The summed E-state index contributed by atoms with van der Waals surface area (Å²) >= 11 is 0. The molecule has 2 aromatic carbocycles. The van der Waals surface area contributed by atoms with Crippen molar-refractivity contribution in [2.75, 3.05) is 35.0 Å². The topological polar surface area (TPSA) is 64.0 Å². The van der Waals surface area contributed by atoms with Crippen molar-refractivity contribution >= 4 is 0 Å². The Hall–Kier alpha value is -2.91. The maximum absolute atomic E-state index is 10.4. The van der Waals surface area contributed by atoms with Crippen LogP contribution in [0.4, 0.5) is 0 Å². The molecule has 0 aromatic heterocycles. The first-order valence-electron chi connectivity index (χ1n) is 12.5. The van der Waals surface area contributed by atoms with Gasteiger partial charge in [-0.3, -0.25) is 4.90 Å². The van der Waals surface area contributed by atoms with Gasteiger partial charge in [-0.25, -0.2) is 0 Å². The normalized spacial score (nSPS) is 17.3. The van der Waals surface area contributed by atoms with E-state index in [0.29, 0.717) is 17.5 Å². The highest BCUT2D eigenvalue weighted by atomic mass is 16.5. The largest absolute Gasteiger partial charge is 0.493 e. The van der Waals surface area contributed by atoms with Gasteiger partial charge in [0.15, 0.2) is 23.0 Å². The first-order chi connectivity index (χ1) is 16.9. The third-order valence-corrected chi connectivity index (χ3v) is 7.65. The van der Waals surface area contributed by atoms with Crippen LogP contribution in [0, 0.1) is 17.2 Å². The third-order valence-electron chi connectivity index (χ3n) is 7.65. The summed E-state index contributed by atoms with van der Waals surface area (Å²) in [5.41, 5.74) is 3.04. The van der Waals surface area contributed by atoms with Crippen LogP contribution < -0.4 is 18.9 Å². The summed E-state index contributed by atoms with van der Waals surface area (Å²) in [7, 11) is 6.63. The van der Waals surface area contributed by atoms with Crippen LogP contribution in [0.5, 0.6) is 23.0 Å². The SMILES string of the molecule is CCN1Cc2cc(OC)c(OC)cc2C[C@H]1CCC[C@@](C#N)(c1ccc(OC)c(OC)c1)C(C)C. The second-order valence-corrected chi connectivity index (χ2v) is 9.60. The molecular formula is C29H40N2O4. The van der Waals surface area contributed by atoms with Crippen LogP contribution in [-0.2, 0) is 18.4 Å². The molecule has 0 fully saturated rings. The average molecular weight is 481 g/mol. The van der Waals surface area contributed by atoms with E-state index in [0.717, 1.165) is 55.8 Å². The summed E-state index contributed by atoms with van der Waals surface area (Å²) < 4.78 is 22.0. The van der Waals surface area contributed by atoms with Gasteiger partial charge in [0.1, 0.15) is 0 Å². The van der Waals surface area contributed by atoms with E-state index >= 15 is 0 Å². The summed E-state index contributed by atoms with van der Waals surface area (Å²) in [4.78, 5) is 2.54. The van der Waals surface area contributed by atoms with Gasteiger partial charge in [0.25, 0.3) is 0 Å². The van der Waals surface area contributed by atoms with E-state index in [2.05, 4.69) is 43.9 Å². The van der Waals surface area contributed by atoms with Gasteiger partial charge in [-0.05, 0) is 79.1 Å². The molecule has 190 valence electrons. The molecule has 0 unspecified atom stereocenters. The number of nitrogens with zero attached hydrogens (tertiary/aromatic N) is 2. The minimum atomic E-state index is -0.584. The van der Waals surface area contributed by atoms with Gasteiger partial charge in [0, 0.05) is 12.6 Å². The first-order valence-corrected chi connectivity index (χ1v) is 12.5. The lowest BCUT2D eigenvalue weighted by Gasteiger charge is -2.38. The van der Waals surface area contributed by atoms with Gasteiger partial charge in [-0.1, -0.05) is 26.8 Å². The fraction of sp³-hybridized carbons (Fsp3) is 0.552. The fourth-order valence-electron chi connectivity index (χ4n) is 5.43. The third kappa shape index (κ3) is 5.36. The molecule has 0 radical (unpaired) electrons. The molecule has 0 bridgehead atoms. The van der Waals surface area contributed by atoms with Crippen molar-refractivity contribution in [1.29, 1.82) is 5.26 Å². The van der Waals surface area contributed by atoms with Gasteiger partial charge in [0.05, 0.1) is 39.9 Å². The molecule has 6 nitrogen and oxygen atoms in total. The van der Waals surface area contributed by atoms with E-state index in [1.54, 1.807) is 28.4 Å². The lowest BCUT2D eigenvalue weighted by molar-refractivity contribution is 0.164. The van der Waals surface area contributed by atoms with Crippen LogP contribution >= 0.6 is 0 Å². The molecule has 3 rings (SSSR count). The minimum absolute atomic E-state index is 0.164. The van der Waals surface area contributed by atoms with Crippen LogP contribution in [0.25, 0.3) is 0 Å². The van der Waals surface area contributed by atoms with Crippen molar-refractivity contribution < 1.29 is 18.9 Å². The number of hydrogen-bond donors (Lipinski definition) is 0. The van der Waals surface area contributed by atoms with E-state index in [4.69, 9.17) is 18.9 Å². The Labute approximate surface area is 210 Å². The van der Waals surface area contributed by atoms with Crippen molar-refractivity contribution in [3.8, 4) is 29.1 Å². The molecule has 2 atom stereocenters. The number of likely N-dealkylation sites (N-methyl/N-ethyl adjacent to an activating group) is 1. The Balaban J connectivity index is 1.80. The van der Waals surface area contributed by atoms with Gasteiger partial charge in [-0.15, -0.1) is 0 Å². The summed E-state index contributed by atoms with van der Waals surface area (Å²) in [5.74, 6) is 3.07. The number of nitriles is 1. The number of hydrogen-bond acceptors (Lipinski definition) is 6. The van der Waals surface area contributed by atoms with E-state index in [1.807, 2.05) is 18.2 Å². The van der Waals surface area contributed by atoms with Crippen LogP contribution in [0.2, 0.25) is 0 Å². The van der Waals surface area contributed by atoms with Crippen molar-refractivity contribution in [2.45, 2.75) is 64.5 Å². The Morgan fingerprint density at radius 2 is 1.54 bits per heavy atom. The Bertz CT molecular complexity index is 1050. The predicted octanol–water partition coefficient (Wildman–Crippen LogP) is 5.76. The van der Waals surface area contributed by atoms with Crippen LogP contribution in [0.1, 0.15) is 56.7 Å². The zero-order valence-electron chi connectivity index (χ0n) is 22.3. The van der Waals surface area contributed by atoms with Gasteiger partial charge < -0.3 is 18.9 Å². The summed E-state index contributed by atoms with van der Waals surface area (Å²) in [6.07, 6.45) is 3.76. The van der Waals surface area contributed by atoms with E-state index in [1.165, 1.54) is 11.1 Å². The Kier molecular flexibility index (Phi) is 8.91. The highest BCUT2D eigenvalue weighted by Gasteiger charge is 2.37. The molecule has 0 saturated heterocycles. The smallest absolute Gasteiger partial charge is 0.161 e. The predicted molar refractivity (Wildman–Crippen MR) is 139 cm³/mol. The first kappa shape index (κ1) is 26.7. The van der Waals surface area contributed by atoms with Crippen molar-refractivity contribution in [1.82, 2.24) is 4.90 Å². The molecule has 35 heavy (non-hydrogen) atoms. The van der Waals surface area contributed by atoms with Gasteiger partial charge >= 0.3 is 0 Å². The molecule has 6 heteroatoms. The van der Waals surface area contributed by atoms with Gasteiger partial charge in [-0.2, -0.15) is 5.26 Å². The molecule has 1 aliphatic heterocycles. The second-order valence-electron chi connectivity index (χ2n) is 9.60. The fourth-order valence-corrected chi connectivity index (χ4v) is 5.43. The van der Waals surface area contributed by atoms with Crippen molar-refractivity contribution in [2.24, 2.45) is 5.92 Å². The molecule has 0 spiro atoms. The number of ether oxygens (including phenoxy) is 4. The van der Waals surface area contributed by atoms with Crippen molar-refractivity contribution in [3.05, 3.63) is 47.0 Å². The second kappa shape index (κ2) is 11.7. The zero-order valence-corrected chi connectivity index (χ0v) is 22.3. The number of fused-ring (bicyclic) bond motifs is 1. The number of rotatable bonds is 11. The maximum atomic E-state index is 10.4. The monoisotopic (exact) mass is 480 g/mol. The molecule has 2 aromatic rings. The zero-order chi connectivity index (χ0) is 25.6. The minimum Gasteiger partial charge on any atom is -0.493 e. The quantitative estimate of drug-likeness (QED) is 0.408. The molecule has 0 saturated carbocycles. The molecule has 0 amide bonds. The average Bonchev–Trinajstić information content (AvgIpc) is 2.89. The molecule has 1 aliphatic rings. The lowest BCUT2D eigenvalue weighted by atomic mass is 9.69. The number of benzene rings is 2. The highest BCUT2D eigenvalue weighted by Crippen LogP contribution is 2.41. The molecule has 0 aliphatic carbocycles. The Morgan fingerprint density at radius 1 is 0.943 bits per heavy atom. The van der Waals surface area contributed by atoms with E-state index in [-0.39, 0.29) is 5.92 Å². The summed E-state index contributed by atoms with van der Waals surface area (Å²) in [6, 6.07) is 13.2. The van der Waals surface area contributed by atoms with E-state index in [9.17, 15) is 5.26 Å². The number of methoxy groups -OCH3 is 4. The van der Waals surface area contributed by atoms with Gasteiger partial charge in [0.2, 0.25) is 0 Å². The van der Waals surface area contributed by atoms with Crippen LogP contribution in [0.3, 0.4) is 0 Å². The van der Waals surface area contributed by atoms with Crippen LogP contribution in [0.15, 0.2) is 30.3 Å². The molecule has 1 heterocycles. The summed E-state index contributed by atoms with van der Waals surface area (Å²) in [5, 5.41) is 10.4. The van der Waals surface area contributed by atoms with Crippen molar-refractivity contribution in [3.63, 3.8) is 0 Å². The molecular weight excluding hydrogens is 440 g/mol. The van der Waals surface area contributed by atoms with Crippen LogP contribution in [-0.4, -0.2) is 45.9 Å².